The molecule has 0 bridgehead atoms. The normalized spacial score (nSPS) is 27.1. The molecule has 0 aromatic heterocycles. The van der Waals surface area contributed by atoms with Gasteiger partial charge in [0.25, 0.3) is 0 Å². The summed E-state index contributed by atoms with van der Waals surface area (Å²) in [6, 6.07) is 5.57. The molecule has 0 spiro atoms. The largest absolute Gasteiger partial charge is 0.207 e. The summed E-state index contributed by atoms with van der Waals surface area (Å²) in [5.41, 5.74) is -0.679. The lowest BCUT2D eigenvalue weighted by Gasteiger charge is -2.13. The summed E-state index contributed by atoms with van der Waals surface area (Å²) < 4.78 is 26.3. The summed E-state index contributed by atoms with van der Waals surface area (Å²) >= 11 is 0. The predicted molar refractivity (Wildman–Crippen MR) is 52.0 cm³/mol. The van der Waals surface area contributed by atoms with Gasteiger partial charge in [0.05, 0.1) is 11.5 Å². The average Bonchev–Trinajstić information content (AvgIpc) is 2.69. The van der Waals surface area contributed by atoms with Crippen LogP contribution in [0.2, 0.25) is 0 Å². The average molecular weight is 207 g/mol. The van der Waals surface area contributed by atoms with E-state index in [9.17, 15) is 8.78 Å². The van der Waals surface area contributed by atoms with E-state index in [4.69, 9.17) is 5.26 Å². The van der Waals surface area contributed by atoms with Gasteiger partial charge in [-0.1, -0.05) is 19.9 Å². The Kier molecular flexibility index (Phi) is 1.88. The molecule has 1 unspecified atom stereocenters. The molecule has 3 heteroatoms. The lowest BCUT2D eigenvalue weighted by Crippen LogP contribution is -2.13. The van der Waals surface area contributed by atoms with Crippen molar-refractivity contribution in [3.05, 3.63) is 35.4 Å². The van der Waals surface area contributed by atoms with Crippen LogP contribution in [0.1, 0.15) is 25.8 Å². The fourth-order valence-corrected chi connectivity index (χ4v) is 2.17. The molecule has 78 valence electrons. The van der Waals surface area contributed by atoms with Crippen LogP contribution >= 0.6 is 0 Å². The van der Waals surface area contributed by atoms with Crippen LogP contribution in [0.4, 0.5) is 8.78 Å². The minimum Gasteiger partial charge on any atom is -0.207 e. The van der Waals surface area contributed by atoms with Gasteiger partial charge in [0.15, 0.2) is 0 Å². The summed E-state index contributed by atoms with van der Waals surface area (Å²) in [7, 11) is 0. The van der Waals surface area contributed by atoms with Gasteiger partial charge in [-0.2, -0.15) is 5.26 Å². The quantitative estimate of drug-likeness (QED) is 0.694. The maximum Gasteiger partial charge on any atom is 0.130 e. The molecule has 1 aromatic carbocycles. The second kappa shape index (κ2) is 2.79. The third-order valence-electron chi connectivity index (χ3n) is 3.32. The van der Waals surface area contributed by atoms with E-state index >= 15 is 0 Å². The number of nitriles is 1. The lowest BCUT2D eigenvalue weighted by atomic mass is 9.89. The van der Waals surface area contributed by atoms with Crippen molar-refractivity contribution in [1.82, 2.24) is 0 Å². The standard InChI is InChI=1S/C12H11F2N/c1-11(2)6-12(11,7-15)9-4-3-8(13)5-10(9)14/h3-5H,6H2,1-2H3. The fraction of sp³-hybridized carbons (Fsp3) is 0.417. The van der Waals surface area contributed by atoms with Crippen LogP contribution in [0.15, 0.2) is 18.2 Å². The van der Waals surface area contributed by atoms with Gasteiger partial charge in [0.1, 0.15) is 11.6 Å². The maximum absolute atomic E-state index is 13.5. The number of halogens is 2. The van der Waals surface area contributed by atoms with Crippen molar-refractivity contribution in [2.45, 2.75) is 25.7 Å². The second-order valence-electron chi connectivity index (χ2n) is 4.70. The number of benzene rings is 1. The molecule has 2 rings (SSSR count). The van der Waals surface area contributed by atoms with Gasteiger partial charge >= 0.3 is 0 Å². The molecular formula is C12H11F2N. The topological polar surface area (TPSA) is 23.8 Å². The Bertz CT molecular complexity index is 459. The van der Waals surface area contributed by atoms with Gasteiger partial charge in [-0.25, -0.2) is 8.78 Å². The van der Waals surface area contributed by atoms with Crippen LogP contribution in [0, 0.1) is 28.4 Å². The molecule has 15 heavy (non-hydrogen) atoms. The Hall–Kier alpha value is -1.43. The molecule has 1 nitrogen and oxygen atoms in total. The van der Waals surface area contributed by atoms with Crippen molar-refractivity contribution in [2.24, 2.45) is 5.41 Å². The first-order chi connectivity index (χ1) is 6.93. The van der Waals surface area contributed by atoms with Gasteiger partial charge in [-0.15, -0.1) is 0 Å². The molecule has 1 atom stereocenters. The summed E-state index contributed by atoms with van der Waals surface area (Å²) in [5, 5.41) is 9.13. The van der Waals surface area contributed by atoms with Gasteiger partial charge in [0.2, 0.25) is 0 Å². The third-order valence-corrected chi connectivity index (χ3v) is 3.32. The van der Waals surface area contributed by atoms with E-state index in [0.29, 0.717) is 12.0 Å². The van der Waals surface area contributed by atoms with Crippen molar-refractivity contribution < 1.29 is 8.78 Å². The van der Waals surface area contributed by atoms with Gasteiger partial charge < -0.3 is 0 Å². The zero-order chi connectivity index (χ0) is 11.3. The van der Waals surface area contributed by atoms with E-state index in [1.54, 1.807) is 0 Å². The van der Waals surface area contributed by atoms with E-state index < -0.39 is 17.0 Å². The zero-order valence-corrected chi connectivity index (χ0v) is 8.64. The van der Waals surface area contributed by atoms with Gasteiger partial charge in [-0.3, -0.25) is 0 Å². The predicted octanol–water partition coefficient (Wildman–Crippen LogP) is 3.16. The third kappa shape index (κ3) is 1.25. The Labute approximate surface area is 87.3 Å². The second-order valence-corrected chi connectivity index (χ2v) is 4.70. The first-order valence-electron chi connectivity index (χ1n) is 4.80. The number of rotatable bonds is 1. The highest BCUT2D eigenvalue weighted by molar-refractivity contribution is 5.45. The molecule has 0 amide bonds. The Morgan fingerprint density at radius 1 is 1.33 bits per heavy atom. The SMILES string of the molecule is CC1(C)CC1(C#N)c1ccc(F)cc1F. The van der Waals surface area contributed by atoms with Crippen molar-refractivity contribution in [2.75, 3.05) is 0 Å². The van der Waals surface area contributed by atoms with Crippen molar-refractivity contribution in [3.8, 4) is 6.07 Å². The molecular weight excluding hydrogens is 196 g/mol. The fourth-order valence-electron chi connectivity index (χ4n) is 2.17. The minimum absolute atomic E-state index is 0.222. The number of hydrogen-bond acceptors (Lipinski definition) is 1. The van der Waals surface area contributed by atoms with Crippen LogP contribution in [0.25, 0.3) is 0 Å². The van der Waals surface area contributed by atoms with E-state index in [-0.39, 0.29) is 5.41 Å². The van der Waals surface area contributed by atoms with E-state index in [1.807, 2.05) is 13.8 Å². The molecule has 0 heterocycles. The van der Waals surface area contributed by atoms with E-state index in [0.717, 1.165) is 6.07 Å². The maximum atomic E-state index is 13.5. The first kappa shape index (κ1) is 10.1. The number of hydrogen-bond donors (Lipinski definition) is 0. The van der Waals surface area contributed by atoms with Crippen LogP contribution < -0.4 is 0 Å². The molecule has 1 aliphatic carbocycles. The molecule has 0 saturated heterocycles. The highest BCUT2D eigenvalue weighted by Gasteiger charge is 2.64. The minimum atomic E-state index is -0.773. The highest BCUT2D eigenvalue weighted by atomic mass is 19.1. The summed E-state index contributed by atoms with van der Waals surface area (Å²) in [5.74, 6) is -1.23. The van der Waals surface area contributed by atoms with Crippen LogP contribution in [0.3, 0.4) is 0 Å². The highest BCUT2D eigenvalue weighted by Crippen LogP contribution is 2.64. The monoisotopic (exact) mass is 207 g/mol. The molecule has 1 fully saturated rings. The Morgan fingerprint density at radius 3 is 2.33 bits per heavy atom. The molecule has 0 aliphatic heterocycles. The summed E-state index contributed by atoms with van der Waals surface area (Å²) in [6.07, 6.45) is 0.624. The molecule has 1 aliphatic rings. The first-order valence-corrected chi connectivity index (χ1v) is 4.80. The number of nitrogens with zero attached hydrogens (tertiary/aromatic N) is 1. The lowest BCUT2D eigenvalue weighted by molar-refractivity contribution is 0.524. The smallest absolute Gasteiger partial charge is 0.130 e. The Balaban J connectivity index is 2.53. The molecule has 1 aromatic rings. The summed E-state index contributed by atoms with van der Waals surface area (Å²) in [4.78, 5) is 0. The molecule has 0 radical (unpaired) electrons. The van der Waals surface area contributed by atoms with E-state index in [1.165, 1.54) is 12.1 Å². The van der Waals surface area contributed by atoms with Crippen LogP contribution in [0.5, 0.6) is 0 Å². The summed E-state index contributed by atoms with van der Waals surface area (Å²) in [6.45, 7) is 3.83. The van der Waals surface area contributed by atoms with Crippen molar-refractivity contribution in [3.63, 3.8) is 0 Å². The molecule has 0 N–H and O–H groups in total. The van der Waals surface area contributed by atoms with E-state index in [2.05, 4.69) is 6.07 Å². The van der Waals surface area contributed by atoms with Crippen LogP contribution in [-0.2, 0) is 5.41 Å². The molecule has 1 saturated carbocycles. The van der Waals surface area contributed by atoms with Gasteiger partial charge in [-0.05, 0) is 17.9 Å². The zero-order valence-electron chi connectivity index (χ0n) is 8.64. The van der Waals surface area contributed by atoms with Crippen LogP contribution in [-0.4, -0.2) is 0 Å². The van der Waals surface area contributed by atoms with Gasteiger partial charge in [0, 0.05) is 11.6 Å². The van der Waals surface area contributed by atoms with Crippen molar-refractivity contribution >= 4 is 0 Å². The Morgan fingerprint density at radius 2 is 1.93 bits per heavy atom. The van der Waals surface area contributed by atoms with Crippen molar-refractivity contribution in [1.29, 1.82) is 5.26 Å².